The largest absolute Gasteiger partial charge is 1.00 e. The second-order valence-electron chi connectivity index (χ2n) is 8.30. The SMILES string of the molecule is CC(=O)Cn1cc[n+]([C@H]2CC[C@H](C(C(N)=O)(c3ccccc3)c3ccccc3)C2)c1.[Br-]. The molecule has 2 N–H and O–H groups in total. The third-order valence-corrected chi connectivity index (χ3v) is 6.40. The second kappa shape index (κ2) is 9.60. The van der Waals surface area contributed by atoms with Gasteiger partial charge in [0.25, 0.3) is 0 Å². The number of aromatic nitrogens is 2. The van der Waals surface area contributed by atoms with Crippen LogP contribution in [0.4, 0.5) is 0 Å². The molecule has 1 amide bonds. The summed E-state index contributed by atoms with van der Waals surface area (Å²) in [6.07, 6.45) is 8.67. The van der Waals surface area contributed by atoms with Gasteiger partial charge in [-0.2, -0.15) is 0 Å². The Morgan fingerprint density at radius 2 is 1.61 bits per heavy atom. The lowest BCUT2D eigenvalue weighted by Gasteiger charge is -2.37. The van der Waals surface area contributed by atoms with E-state index >= 15 is 0 Å². The van der Waals surface area contributed by atoms with Gasteiger partial charge in [-0.15, -0.1) is 0 Å². The Morgan fingerprint density at radius 3 is 2.13 bits per heavy atom. The van der Waals surface area contributed by atoms with Gasteiger partial charge in [0.1, 0.15) is 30.4 Å². The topological polar surface area (TPSA) is 69.0 Å². The van der Waals surface area contributed by atoms with E-state index in [-0.39, 0.29) is 40.6 Å². The van der Waals surface area contributed by atoms with Gasteiger partial charge in [0, 0.05) is 0 Å². The first-order valence-electron chi connectivity index (χ1n) is 10.5. The Labute approximate surface area is 193 Å². The summed E-state index contributed by atoms with van der Waals surface area (Å²) < 4.78 is 4.08. The standard InChI is InChI=1S/C25H27N3O2.BrH/c1-19(29)17-27-14-15-28(18-27)23-13-12-22(16-23)25(24(26)30,20-8-4-2-5-9-20)21-10-6-3-7-11-21;/h2-11,14-15,18,22-23H,12-13,16-17H2,1H3,(H-,26,30);1H/t22-,23-;/m0./s1. The van der Waals surface area contributed by atoms with Crippen LogP contribution in [-0.2, 0) is 21.5 Å². The summed E-state index contributed by atoms with van der Waals surface area (Å²) in [6.45, 7) is 1.97. The van der Waals surface area contributed by atoms with Crippen LogP contribution in [0.3, 0.4) is 0 Å². The van der Waals surface area contributed by atoms with Gasteiger partial charge in [0.05, 0.1) is 0 Å². The van der Waals surface area contributed by atoms with E-state index in [0.717, 1.165) is 30.4 Å². The molecule has 4 rings (SSSR count). The van der Waals surface area contributed by atoms with Crippen LogP contribution in [0.2, 0.25) is 0 Å². The molecule has 0 spiro atoms. The number of imidazole rings is 1. The van der Waals surface area contributed by atoms with Crippen LogP contribution in [-0.4, -0.2) is 16.3 Å². The zero-order valence-electron chi connectivity index (χ0n) is 17.7. The molecule has 3 aromatic rings. The van der Waals surface area contributed by atoms with Gasteiger partial charge in [-0.25, -0.2) is 9.13 Å². The van der Waals surface area contributed by atoms with E-state index < -0.39 is 5.41 Å². The first-order chi connectivity index (χ1) is 14.5. The molecule has 162 valence electrons. The Balaban J connectivity index is 0.00000272. The van der Waals surface area contributed by atoms with Crippen molar-refractivity contribution in [2.75, 3.05) is 0 Å². The Kier molecular flexibility index (Phi) is 7.11. The van der Waals surface area contributed by atoms with Gasteiger partial charge in [-0.05, 0) is 43.2 Å². The highest BCUT2D eigenvalue weighted by Crippen LogP contribution is 2.48. The summed E-state index contributed by atoms with van der Waals surface area (Å²) in [5.74, 6) is -0.0823. The predicted molar refractivity (Wildman–Crippen MR) is 115 cm³/mol. The number of Topliss-reactive ketones (excluding diaryl/α,β-unsaturated/α-hetero) is 1. The molecule has 2 aromatic carbocycles. The molecular weight excluding hydrogens is 454 g/mol. The molecular formula is C25H28BrN3O2. The molecule has 2 atom stereocenters. The molecule has 5 nitrogen and oxygen atoms in total. The van der Waals surface area contributed by atoms with Gasteiger partial charge in [-0.1, -0.05) is 60.7 Å². The van der Waals surface area contributed by atoms with E-state index in [1.165, 1.54) is 0 Å². The molecule has 1 fully saturated rings. The average Bonchev–Trinajstić information content (AvgIpc) is 3.40. The number of halogens is 1. The van der Waals surface area contributed by atoms with E-state index in [4.69, 9.17) is 5.73 Å². The number of hydrogen-bond acceptors (Lipinski definition) is 2. The van der Waals surface area contributed by atoms with Crippen molar-refractivity contribution < 1.29 is 31.1 Å². The van der Waals surface area contributed by atoms with Gasteiger partial charge >= 0.3 is 0 Å². The van der Waals surface area contributed by atoms with E-state index in [1.54, 1.807) is 6.92 Å². The lowest BCUT2D eigenvalue weighted by atomic mass is 9.64. The number of amides is 1. The fourth-order valence-electron chi connectivity index (χ4n) is 5.13. The van der Waals surface area contributed by atoms with Gasteiger partial charge in [0.15, 0.2) is 5.78 Å². The third kappa shape index (κ3) is 4.35. The number of rotatable bonds is 7. The first-order valence-corrected chi connectivity index (χ1v) is 10.5. The number of nitrogens with zero attached hydrogens (tertiary/aromatic N) is 2. The molecule has 0 aliphatic heterocycles. The Bertz CT molecular complexity index is 994. The lowest BCUT2D eigenvalue weighted by Crippen LogP contribution is -3.00. The minimum absolute atomic E-state index is 0. The van der Waals surface area contributed by atoms with Crippen molar-refractivity contribution >= 4 is 11.7 Å². The smallest absolute Gasteiger partial charge is 0.244 e. The normalized spacial score (nSPS) is 18.4. The van der Waals surface area contributed by atoms with E-state index in [9.17, 15) is 9.59 Å². The zero-order chi connectivity index (χ0) is 21.1. The minimum Gasteiger partial charge on any atom is -1.00 e. The Hall–Kier alpha value is -2.73. The second-order valence-corrected chi connectivity index (χ2v) is 8.30. The number of benzene rings is 2. The molecule has 6 heteroatoms. The number of hydrogen-bond donors (Lipinski definition) is 1. The summed E-state index contributed by atoms with van der Waals surface area (Å²) in [4.78, 5) is 24.6. The molecule has 31 heavy (non-hydrogen) atoms. The monoisotopic (exact) mass is 481 g/mol. The molecule has 1 aromatic heterocycles. The highest BCUT2D eigenvalue weighted by molar-refractivity contribution is 5.91. The number of carbonyl (C=O) groups excluding carboxylic acids is 2. The summed E-state index contributed by atoms with van der Waals surface area (Å²) in [7, 11) is 0. The molecule has 0 saturated heterocycles. The minimum atomic E-state index is -0.861. The fraction of sp³-hybridized carbons (Fsp3) is 0.320. The molecule has 0 unspecified atom stereocenters. The van der Waals surface area contributed by atoms with E-state index in [1.807, 2.05) is 84.0 Å². The zero-order valence-corrected chi connectivity index (χ0v) is 19.2. The number of nitrogens with two attached hydrogens (primary N) is 1. The maximum atomic E-state index is 13.2. The summed E-state index contributed by atoms with van der Waals surface area (Å²) >= 11 is 0. The van der Waals surface area contributed by atoms with Gasteiger partial charge in [-0.3, -0.25) is 9.59 Å². The van der Waals surface area contributed by atoms with Crippen molar-refractivity contribution in [1.29, 1.82) is 0 Å². The number of primary amides is 1. The van der Waals surface area contributed by atoms with Crippen molar-refractivity contribution in [1.82, 2.24) is 4.57 Å². The van der Waals surface area contributed by atoms with Crippen LogP contribution in [0.25, 0.3) is 0 Å². The fourth-order valence-corrected chi connectivity index (χ4v) is 5.13. The molecule has 0 bridgehead atoms. The van der Waals surface area contributed by atoms with Crippen molar-refractivity contribution in [2.24, 2.45) is 11.7 Å². The average molecular weight is 482 g/mol. The van der Waals surface area contributed by atoms with Crippen LogP contribution in [0, 0.1) is 5.92 Å². The van der Waals surface area contributed by atoms with Crippen LogP contribution in [0.1, 0.15) is 43.4 Å². The van der Waals surface area contributed by atoms with E-state index in [0.29, 0.717) is 6.54 Å². The molecule has 1 saturated carbocycles. The highest BCUT2D eigenvalue weighted by Gasteiger charge is 2.50. The molecule has 1 heterocycles. The lowest BCUT2D eigenvalue weighted by molar-refractivity contribution is -0.721. The van der Waals surface area contributed by atoms with Gasteiger partial charge < -0.3 is 22.7 Å². The van der Waals surface area contributed by atoms with Crippen LogP contribution in [0.5, 0.6) is 0 Å². The summed E-state index contributed by atoms with van der Waals surface area (Å²) in [5.41, 5.74) is 7.21. The van der Waals surface area contributed by atoms with E-state index in [2.05, 4.69) is 4.57 Å². The summed E-state index contributed by atoms with van der Waals surface area (Å²) in [5, 5.41) is 0. The quantitative estimate of drug-likeness (QED) is 0.489. The predicted octanol–water partition coefficient (Wildman–Crippen LogP) is 0.181. The van der Waals surface area contributed by atoms with Gasteiger partial charge in [0.2, 0.25) is 12.2 Å². The Morgan fingerprint density at radius 1 is 1.03 bits per heavy atom. The van der Waals surface area contributed by atoms with Crippen molar-refractivity contribution in [2.45, 2.75) is 44.2 Å². The highest BCUT2D eigenvalue weighted by atomic mass is 79.9. The first kappa shape index (κ1) is 22.9. The van der Waals surface area contributed by atoms with Crippen molar-refractivity contribution in [3.8, 4) is 0 Å². The van der Waals surface area contributed by atoms with Crippen molar-refractivity contribution in [3.05, 3.63) is 90.5 Å². The summed E-state index contributed by atoms with van der Waals surface area (Å²) in [6, 6.07) is 20.1. The van der Waals surface area contributed by atoms with Crippen LogP contribution in [0.15, 0.2) is 79.4 Å². The van der Waals surface area contributed by atoms with Crippen LogP contribution < -0.4 is 27.3 Å². The maximum absolute atomic E-state index is 13.2. The number of carbonyl (C=O) groups is 2. The molecule has 1 aliphatic carbocycles. The third-order valence-electron chi connectivity index (χ3n) is 6.40. The number of ketones is 1. The molecule has 0 radical (unpaired) electrons. The van der Waals surface area contributed by atoms with Crippen LogP contribution >= 0.6 is 0 Å². The molecule has 1 aliphatic rings. The van der Waals surface area contributed by atoms with Crippen molar-refractivity contribution in [3.63, 3.8) is 0 Å². The maximum Gasteiger partial charge on any atom is 0.244 e.